The minimum absolute atomic E-state index is 0.00328. The molecule has 2 atom stereocenters. The predicted molar refractivity (Wildman–Crippen MR) is 74.6 cm³/mol. The van der Waals surface area contributed by atoms with E-state index in [2.05, 4.69) is 33.5 Å². The zero-order valence-electron chi connectivity index (χ0n) is 10.5. The number of hydrogen-bond acceptors (Lipinski definition) is 3. The van der Waals surface area contributed by atoms with Crippen LogP contribution in [0.25, 0.3) is 11.0 Å². The molecule has 1 aliphatic rings. The summed E-state index contributed by atoms with van der Waals surface area (Å²) in [7, 11) is 2.04. The number of rotatable bonds is 1. The number of halogens is 1. The monoisotopic (exact) mass is 309 g/mol. The van der Waals surface area contributed by atoms with Crippen LogP contribution in [0, 0.1) is 0 Å². The standard InChI is InChI=1S/C13H16BrN3O/c1-13(7-18-6-11(13)15)12-16-9-5-8(14)3-4-10(9)17(12)2/h3-5,11H,6-7,15H2,1-2H3. The van der Waals surface area contributed by atoms with Crippen molar-refractivity contribution in [1.29, 1.82) is 0 Å². The van der Waals surface area contributed by atoms with Gasteiger partial charge in [0.2, 0.25) is 0 Å². The molecule has 0 bridgehead atoms. The maximum absolute atomic E-state index is 6.18. The highest BCUT2D eigenvalue weighted by molar-refractivity contribution is 9.10. The molecule has 1 aromatic heterocycles. The first kappa shape index (κ1) is 12.1. The lowest BCUT2D eigenvalue weighted by molar-refractivity contribution is 0.177. The number of fused-ring (bicyclic) bond motifs is 1. The third kappa shape index (κ3) is 1.61. The van der Waals surface area contributed by atoms with Crippen molar-refractivity contribution in [3.05, 3.63) is 28.5 Å². The minimum Gasteiger partial charge on any atom is -0.379 e. The van der Waals surface area contributed by atoms with Gasteiger partial charge in [-0.15, -0.1) is 0 Å². The summed E-state index contributed by atoms with van der Waals surface area (Å²) in [6.45, 7) is 3.36. The largest absolute Gasteiger partial charge is 0.379 e. The molecular formula is C13H16BrN3O. The van der Waals surface area contributed by atoms with Crippen LogP contribution in [0.2, 0.25) is 0 Å². The van der Waals surface area contributed by atoms with Gasteiger partial charge in [-0.25, -0.2) is 4.98 Å². The molecule has 0 saturated carbocycles. The summed E-state index contributed by atoms with van der Waals surface area (Å²) in [5.74, 6) is 1.00. The molecule has 2 heterocycles. The van der Waals surface area contributed by atoms with Crippen LogP contribution >= 0.6 is 15.9 Å². The third-order valence-electron chi connectivity index (χ3n) is 3.87. The number of aryl methyl sites for hydroxylation is 1. The van der Waals surface area contributed by atoms with Gasteiger partial charge in [-0.2, -0.15) is 0 Å². The van der Waals surface area contributed by atoms with Crippen LogP contribution in [0.1, 0.15) is 12.7 Å². The van der Waals surface area contributed by atoms with Crippen molar-refractivity contribution in [3.63, 3.8) is 0 Å². The fourth-order valence-corrected chi connectivity index (χ4v) is 2.95. The maximum atomic E-state index is 6.18. The highest BCUT2D eigenvalue weighted by Crippen LogP contribution is 2.33. The van der Waals surface area contributed by atoms with Crippen LogP contribution in [-0.4, -0.2) is 28.8 Å². The quantitative estimate of drug-likeness (QED) is 0.876. The van der Waals surface area contributed by atoms with Gasteiger partial charge in [0.15, 0.2) is 0 Å². The third-order valence-corrected chi connectivity index (χ3v) is 4.36. The molecule has 2 aromatic rings. The predicted octanol–water partition coefficient (Wildman–Crippen LogP) is 1.95. The smallest absolute Gasteiger partial charge is 0.119 e. The minimum atomic E-state index is -0.208. The van der Waals surface area contributed by atoms with Gasteiger partial charge in [0, 0.05) is 17.6 Å². The highest BCUT2D eigenvalue weighted by atomic mass is 79.9. The fourth-order valence-electron chi connectivity index (χ4n) is 2.60. The summed E-state index contributed by atoms with van der Waals surface area (Å²) >= 11 is 3.48. The number of imidazole rings is 1. The molecule has 2 N–H and O–H groups in total. The van der Waals surface area contributed by atoms with E-state index in [-0.39, 0.29) is 11.5 Å². The first-order valence-corrected chi connectivity index (χ1v) is 6.77. The van der Waals surface area contributed by atoms with Gasteiger partial charge in [-0.05, 0) is 25.1 Å². The first-order chi connectivity index (χ1) is 8.52. The molecule has 3 rings (SSSR count). The SMILES string of the molecule is Cn1c(C2(C)COCC2N)nc2cc(Br)ccc21. The van der Waals surface area contributed by atoms with Crippen molar-refractivity contribution in [2.45, 2.75) is 18.4 Å². The molecule has 0 radical (unpaired) electrons. The van der Waals surface area contributed by atoms with Crippen LogP contribution < -0.4 is 5.73 Å². The van der Waals surface area contributed by atoms with Gasteiger partial charge in [0.05, 0.1) is 29.7 Å². The summed E-state index contributed by atoms with van der Waals surface area (Å²) in [6, 6.07) is 6.13. The van der Waals surface area contributed by atoms with E-state index >= 15 is 0 Å². The maximum Gasteiger partial charge on any atom is 0.119 e. The van der Waals surface area contributed by atoms with Crippen LogP contribution in [0.3, 0.4) is 0 Å². The second kappa shape index (κ2) is 4.05. The highest BCUT2D eigenvalue weighted by Gasteiger charge is 2.42. The Balaban J connectivity index is 2.21. The second-order valence-corrected chi connectivity index (χ2v) is 6.08. The molecule has 0 aliphatic carbocycles. The van der Waals surface area contributed by atoms with E-state index in [9.17, 15) is 0 Å². The lowest BCUT2D eigenvalue weighted by Gasteiger charge is -2.26. The van der Waals surface area contributed by atoms with Crippen LogP contribution in [-0.2, 0) is 17.2 Å². The van der Waals surface area contributed by atoms with Crippen molar-refractivity contribution in [1.82, 2.24) is 9.55 Å². The van der Waals surface area contributed by atoms with Crippen molar-refractivity contribution < 1.29 is 4.74 Å². The first-order valence-electron chi connectivity index (χ1n) is 5.98. The average Bonchev–Trinajstić information content (AvgIpc) is 2.82. The van der Waals surface area contributed by atoms with Crippen molar-refractivity contribution in [2.24, 2.45) is 12.8 Å². The van der Waals surface area contributed by atoms with E-state index in [0.29, 0.717) is 13.2 Å². The molecule has 0 spiro atoms. The Morgan fingerprint density at radius 3 is 3.00 bits per heavy atom. The molecule has 0 amide bonds. The number of nitrogens with two attached hydrogens (primary N) is 1. The average molecular weight is 310 g/mol. The summed E-state index contributed by atoms with van der Waals surface area (Å²) < 4.78 is 8.67. The Labute approximate surface area is 114 Å². The van der Waals surface area contributed by atoms with Gasteiger partial charge in [0.1, 0.15) is 5.82 Å². The van der Waals surface area contributed by atoms with Crippen molar-refractivity contribution in [3.8, 4) is 0 Å². The van der Waals surface area contributed by atoms with Gasteiger partial charge in [-0.3, -0.25) is 0 Å². The normalized spacial score (nSPS) is 28.1. The lowest BCUT2D eigenvalue weighted by atomic mass is 9.85. The van der Waals surface area contributed by atoms with E-state index in [0.717, 1.165) is 21.3 Å². The Morgan fingerprint density at radius 1 is 1.56 bits per heavy atom. The van der Waals surface area contributed by atoms with Gasteiger partial charge >= 0.3 is 0 Å². The van der Waals surface area contributed by atoms with Gasteiger partial charge < -0.3 is 15.0 Å². The second-order valence-electron chi connectivity index (χ2n) is 5.17. The summed E-state index contributed by atoms with van der Waals surface area (Å²) in [5, 5.41) is 0. The number of ether oxygens (including phenoxy) is 1. The van der Waals surface area contributed by atoms with Gasteiger partial charge in [-0.1, -0.05) is 15.9 Å². The molecular weight excluding hydrogens is 294 g/mol. The lowest BCUT2D eigenvalue weighted by Crippen LogP contribution is -2.43. The number of aromatic nitrogens is 2. The Kier molecular flexibility index (Phi) is 2.73. The summed E-state index contributed by atoms with van der Waals surface area (Å²) in [5.41, 5.74) is 8.08. The fraction of sp³-hybridized carbons (Fsp3) is 0.462. The van der Waals surface area contributed by atoms with Crippen molar-refractivity contribution in [2.75, 3.05) is 13.2 Å². The van der Waals surface area contributed by atoms with E-state index in [1.807, 2.05) is 19.2 Å². The summed E-state index contributed by atoms with van der Waals surface area (Å²) in [6.07, 6.45) is 0. The number of hydrogen-bond donors (Lipinski definition) is 1. The molecule has 2 unspecified atom stereocenters. The number of nitrogens with zero attached hydrogens (tertiary/aromatic N) is 2. The van der Waals surface area contributed by atoms with E-state index < -0.39 is 0 Å². The molecule has 1 fully saturated rings. The van der Waals surface area contributed by atoms with Crippen LogP contribution in [0.5, 0.6) is 0 Å². The topological polar surface area (TPSA) is 53.1 Å². The zero-order chi connectivity index (χ0) is 12.9. The Bertz CT molecular complexity index is 610. The van der Waals surface area contributed by atoms with E-state index in [4.69, 9.17) is 15.5 Å². The van der Waals surface area contributed by atoms with E-state index in [1.165, 1.54) is 0 Å². The van der Waals surface area contributed by atoms with Crippen LogP contribution in [0.15, 0.2) is 22.7 Å². The molecule has 1 aromatic carbocycles. The zero-order valence-corrected chi connectivity index (χ0v) is 12.1. The molecule has 1 aliphatic heterocycles. The molecule has 18 heavy (non-hydrogen) atoms. The molecule has 96 valence electrons. The van der Waals surface area contributed by atoms with Gasteiger partial charge in [0.25, 0.3) is 0 Å². The number of benzene rings is 1. The van der Waals surface area contributed by atoms with Crippen molar-refractivity contribution >= 4 is 27.0 Å². The molecule has 1 saturated heterocycles. The Morgan fingerprint density at radius 2 is 2.33 bits per heavy atom. The van der Waals surface area contributed by atoms with E-state index in [1.54, 1.807) is 0 Å². The Hall–Kier alpha value is -0.910. The van der Waals surface area contributed by atoms with Crippen LogP contribution in [0.4, 0.5) is 0 Å². The molecule has 4 nitrogen and oxygen atoms in total. The summed E-state index contributed by atoms with van der Waals surface area (Å²) in [4.78, 5) is 4.75. The molecule has 5 heteroatoms.